The Bertz CT molecular complexity index is 493. The molecule has 0 aliphatic heterocycles. The first kappa shape index (κ1) is 16.5. The van der Waals surface area contributed by atoms with Gasteiger partial charge < -0.3 is 5.11 Å². The van der Waals surface area contributed by atoms with Crippen molar-refractivity contribution >= 4 is 26.0 Å². The van der Waals surface area contributed by atoms with Gasteiger partial charge in [-0.05, 0) is 28.8 Å². The lowest BCUT2D eigenvalue weighted by Gasteiger charge is -2.28. The average Bonchev–Trinajstić information content (AvgIpc) is 2.69. The van der Waals surface area contributed by atoms with Crippen LogP contribution >= 0.6 is 15.9 Å². The Morgan fingerprint density at radius 3 is 2.37 bits per heavy atom. The zero-order chi connectivity index (χ0) is 14.6. The van der Waals surface area contributed by atoms with Gasteiger partial charge in [0.15, 0.2) is 4.60 Å². The van der Waals surface area contributed by atoms with Gasteiger partial charge in [-0.1, -0.05) is 19.1 Å². The summed E-state index contributed by atoms with van der Waals surface area (Å²) in [5.74, 6) is 0. The summed E-state index contributed by atoms with van der Waals surface area (Å²) >= 11 is 3.10. The quantitative estimate of drug-likeness (QED) is 0.780. The highest BCUT2D eigenvalue weighted by Crippen LogP contribution is 2.25. The largest absolute Gasteiger partial charge is 0.395 e. The van der Waals surface area contributed by atoms with Crippen LogP contribution in [0.2, 0.25) is 0 Å². The number of aliphatic hydroxyl groups excluding tert-OH is 1. The van der Waals surface area contributed by atoms with Crippen LogP contribution in [0, 0.1) is 0 Å². The van der Waals surface area contributed by atoms with Gasteiger partial charge in [-0.2, -0.15) is 4.31 Å². The molecule has 0 aromatic carbocycles. The van der Waals surface area contributed by atoms with Gasteiger partial charge in [0.05, 0.1) is 6.61 Å². The topological polar surface area (TPSA) is 88.3 Å². The molecule has 0 aliphatic rings. The maximum Gasteiger partial charge on any atom is 0.263 e. The Morgan fingerprint density at radius 1 is 1.42 bits per heavy atom. The number of hydrogen-bond acceptors (Lipinski definition) is 5. The Labute approximate surface area is 121 Å². The van der Waals surface area contributed by atoms with Crippen LogP contribution in [0.1, 0.15) is 26.7 Å². The predicted molar refractivity (Wildman–Crippen MR) is 74.1 cm³/mol. The van der Waals surface area contributed by atoms with Crippen LogP contribution in [0.3, 0.4) is 0 Å². The van der Waals surface area contributed by atoms with Crippen LogP contribution < -0.4 is 0 Å². The normalized spacial score (nSPS) is 12.6. The summed E-state index contributed by atoms with van der Waals surface area (Å²) in [4.78, 5) is 0. The highest BCUT2D eigenvalue weighted by atomic mass is 79.9. The molecule has 7 nitrogen and oxygen atoms in total. The van der Waals surface area contributed by atoms with Crippen molar-refractivity contribution in [2.75, 3.05) is 13.2 Å². The van der Waals surface area contributed by atoms with E-state index in [1.165, 1.54) is 16.0 Å². The molecule has 1 heterocycles. The smallest absolute Gasteiger partial charge is 0.263 e. The Balaban J connectivity index is 3.28. The number of aryl methyl sites for hydroxylation is 1. The van der Waals surface area contributed by atoms with Crippen LogP contribution in [0.4, 0.5) is 0 Å². The molecule has 1 aromatic heterocycles. The molecule has 19 heavy (non-hydrogen) atoms. The molecule has 110 valence electrons. The predicted octanol–water partition coefficient (Wildman–Crippen LogP) is 0.749. The summed E-state index contributed by atoms with van der Waals surface area (Å²) in [5.41, 5.74) is 0. The van der Waals surface area contributed by atoms with Crippen molar-refractivity contribution < 1.29 is 13.5 Å². The minimum Gasteiger partial charge on any atom is -0.395 e. The molecule has 1 rings (SSSR count). The summed E-state index contributed by atoms with van der Waals surface area (Å²) in [6.07, 6.45) is 1.36. The number of sulfonamides is 1. The zero-order valence-electron chi connectivity index (χ0n) is 11.2. The molecular weight excluding hydrogens is 336 g/mol. The van der Waals surface area contributed by atoms with Crippen molar-refractivity contribution in [1.29, 1.82) is 0 Å². The summed E-state index contributed by atoms with van der Waals surface area (Å²) in [5, 5.41) is 16.5. The number of rotatable bonds is 7. The van der Waals surface area contributed by atoms with E-state index in [4.69, 9.17) is 5.11 Å². The van der Waals surface area contributed by atoms with E-state index in [0.717, 1.165) is 0 Å². The van der Waals surface area contributed by atoms with Gasteiger partial charge in [0.1, 0.15) is 0 Å². The van der Waals surface area contributed by atoms with Crippen molar-refractivity contribution in [2.45, 2.75) is 37.8 Å². The monoisotopic (exact) mass is 354 g/mol. The molecule has 1 aromatic rings. The van der Waals surface area contributed by atoms with E-state index in [2.05, 4.69) is 26.2 Å². The highest BCUT2D eigenvalue weighted by molar-refractivity contribution is 9.10. The molecule has 0 amide bonds. The molecule has 0 unspecified atom stereocenters. The highest BCUT2D eigenvalue weighted by Gasteiger charge is 2.34. The van der Waals surface area contributed by atoms with Crippen LogP contribution in [0.5, 0.6) is 0 Å². The van der Waals surface area contributed by atoms with Gasteiger partial charge in [-0.25, -0.2) is 13.1 Å². The van der Waals surface area contributed by atoms with Crippen LogP contribution in [-0.4, -0.2) is 52.0 Å². The summed E-state index contributed by atoms with van der Waals surface area (Å²) < 4.78 is 28.1. The van der Waals surface area contributed by atoms with Gasteiger partial charge in [0, 0.05) is 19.6 Å². The second-order valence-corrected chi connectivity index (χ2v) is 6.68. The van der Waals surface area contributed by atoms with Crippen LogP contribution in [-0.2, 0) is 17.1 Å². The van der Waals surface area contributed by atoms with Gasteiger partial charge in [0.25, 0.3) is 10.0 Å². The Morgan fingerprint density at radius 2 is 2.00 bits per heavy atom. The summed E-state index contributed by atoms with van der Waals surface area (Å²) in [6, 6.07) is -0.154. The molecule has 0 bridgehead atoms. The van der Waals surface area contributed by atoms with Gasteiger partial charge in [-0.3, -0.25) is 0 Å². The second kappa shape index (κ2) is 6.78. The van der Waals surface area contributed by atoms with Crippen molar-refractivity contribution in [3.8, 4) is 0 Å². The van der Waals surface area contributed by atoms with Crippen molar-refractivity contribution in [2.24, 2.45) is 7.05 Å². The molecule has 0 radical (unpaired) electrons. The van der Waals surface area contributed by atoms with E-state index < -0.39 is 10.0 Å². The van der Waals surface area contributed by atoms with Crippen LogP contribution in [0.25, 0.3) is 0 Å². The fraction of sp³-hybridized carbons (Fsp3) is 0.800. The first-order valence-electron chi connectivity index (χ1n) is 6.07. The van der Waals surface area contributed by atoms with Gasteiger partial charge >= 0.3 is 0 Å². The summed E-state index contributed by atoms with van der Waals surface area (Å²) in [7, 11) is -2.22. The Kier molecular flexibility index (Phi) is 5.90. The first-order chi connectivity index (χ1) is 8.89. The number of hydrogen-bond donors (Lipinski definition) is 1. The lowest BCUT2D eigenvalue weighted by atomic mass is 10.2. The standard InChI is InChI=1S/C10H19BrN4O3S/c1-4-8(5-2)15(6-7-16)19(17,18)10-9(11)12-13-14(10)3/h8,16H,4-7H2,1-3H3. The molecule has 0 fully saturated rings. The lowest BCUT2D eigenvalue weighted by Crippen LogP contribution is -2.42. The van der Waals surface area contributed by atoms with Crippen molar-refractivity contribution in [3.05, 3.63) is 4.60 Å². The minimum atomic E-state index is -3.74. The maximum atomic E-state index is 12.7. The number of aliphatic hydroxyl groups is 1. The third kappa shape index (κ3) is 3.33. The lowest BCUT2D eigenvalue weighted by molar-refractivity contribution is 0.219. The second-order valence-electron chi connectivity index (χ2n) is 4.12. The van der Waals surface area contributed by atoms with Gasteiger partial charge in [0.2, 0.25) is 5.03 Å². The molecule has 1 N–H and O–H groups in total. The van der Waals surface area contributed by atoms with E-state index in [0.29, 0.717) is 12.8 Å². The van der Waals surface area contributed by atoms with E-state index in [1.54, 1.807) is 0 Å². The molecular formula is C10H19BrN4O3S. The van der Waals surface area contributed by atoms with E-state index in [1.807, 2.05) is 13.8 Å². The zero-order valence-corrected chi connectivity index (χ0v) is 13.6. The van der Waals surface area contributed by atoms with Crippen molar-refractivity contribution in [3.63, 3.8) is 0 Å². The number of aromatic nitrogens is 3. The average molecular weight is 355 g/mol. The number of nitrogens with zero attached hydrogens (tertiary/aromatic N) is 4. The number of halogens is 1. The SMILES string of the molecule is CCC(CC)N(CCO)S(=O)(=O)c1c(Br)nnn1C. The molecule has 0 spiro atoms. The van der Waals surface area contributed by atoms with Gasteiger partial charge in [-0.15, -0.1) is 5.10 Å². The Hall–Kier alpha value is -0.510. The fourth-order valence-corrected chi connectivity index (χ4v) is 4.80. The summed E-state index contributed by atoms with van der Waals surface area (Å²) in [6.45, 7) is 3.68. The van der Waals surface area contributed by atoms with E-state index in [9.17, 15) is 8.42 Å². The van der Waals surface area contributed by atoms with Crippen LogP contribution in [0.15, 0.2) is 9.63 Å². The minimum absolute atomic E-state index is 0.00727. The third-order valence-corrected chi connectivity index (χ3v) is 5.80. The molecule has 0 saturated carbocycles. The molecule has 9 heteroatoms. The van der Waals surface area contributed by atoms with E-state index >= 15 is 0 Å². The molecule has 0 atom stereocenters. The van der Waals surface area contributed by atoms with Crippen molar-refractivity contribution in [1.82, 2.24) is 19.3 Å². The first-order valence-corrected chi connectivity index (χ1v) is 8.31. The third-order valence-electron chi connectivity index (χ3n) is 2.96. The fourth-order valence-electron chi connectivity index (χ4n) is 2.00. The molecule has 0 aliphatic carbocycles. The van der Waals surface area contributed by atoms with E-state index in [-0.39, 0.29) is 28.8 Å². The molecule has 0 saturated heterocycles. The maximum absolute atomic E-state index is 12.7.